The first-order chi connectivity index (χ1) is 30.7. The van der Waals surface area contributed by atoms with E-state index < -0.39 is 47.9 Å². The highest BCUT2D eigenvalue weighted by Crippen LogP contribution is 2.34. The third kappa shape index (κ3) is 16.8. The Balaban J connectivity index is 0.000000367. The van der Waals surface area contributed by atoms with E-state index in [0.29, 0.717) is 87.4 Å². The number of nitrogens with one attached hydrogen (secondary N) is 4. The van der Waals surface area contributed by atoms with Crippen molar-refractivity contribution >= 4 is 48.0 Å². The van der Waals surface area contributed by atoms with E-state index in [-0.39, 0.29) is 36.8 Å². The van der Waals surface area contributed by atoms with E-state index in [1.54, 1.807) is 55.8 Å². The van der Waals surface area contributed by atoms with E-state index in [1.807, 2.05) is 27.9 Å². The second kappa shape index (κ2) is 28.9. The number of halogens is 2. The standard InChI is InChI=1S/C23H34N4O6.C8H7NO3.C7H6F2.C3H7NO.C2H7N.C2H6/c1-14-13-19(28)25-11-5-8-17(25)22(31)26-10-4-3-7-16(26)20(29)24-15(2)21(30)27-12-6-9-18(27)23(32)33-14;10-4-9-6-1-2-7-8(3-6)12-5-11-7;1-5-2-6(8)4-7(9)3-5;1-4-2-3-5;1-3-2;1-2/h14-18H,3-13H2,1-2H3,(H,24,29);1-4H,5H2,(H,9,10);2-4H,1H3;3-4H,2H2,1H3;3H,1-2H3;1-2H3. The van der Waals surface area contributed by atoms with Crippen LogP contribution >= 0.6 is 0 Å². The second-order valence-corrected chi connectivity index (χ2v) is 15.2. The van der Waals surface area contributed by atoms with E-state index in [9.17, 15) is 42.3 Å². The highest BCUT2D eigenvalue weighted by Gasteiger charge is 2.43. The molecular weight excluding hydrogens is 837 g/mol. The molecule has 0 bridgehead atoms. The Labute approximate surface area is 375 Å². The minimum atomic E-state index is -0.820. The summed E-state index contributed by atoms with van der Waals surface area (Å²) in [5, 5.41) is 10.7. The van der Waals surface area contributed by atoms with E-state index in [1.165, 1.54) is 17.0 Å². The van der Waals surface area contributed by atoms with Crippen molar-refractivity contribution in [3.05, 3.63) is 53.6 Å². The third-order valence-electron chi connectivity index (χ3n) is 10.2. The fourth-order valence-electron chi connectivity index (χ4n) is 7.39. The maximum absolute atomic E-state index is 13.5. The number of likely N-dealkylation sites (N-methyl/N-ethyl adjacent to an activating group) is 1. The number of anilines is 1. The smallest absolute Gasteiger partial charge is 0.329 e. The first-order valence-electron chi connectivity index (χ1n) is 21.8. The molecule has 5 aliphatic rings. The van der Waals surface area contributed by atoms with Gasteiger partial charge < -0.3 is 55.0 Å². The number of cyclic esters (lactones) is 1. The Hall–Kier alpha value is -5.69. The van der Waals surface area contributed by atoms with Crippen LogP contribution in [0.2, 0.25) is 0 Å². The Morgan fingerprint density at radius 3 is 1.92 bits per heavy atom. The zero-order chi connectivity index (χ0) is 47.8. The summed E-state index contributed by atoms with van der Waals surface area (Å²) in [4.78, 5) is 89.6. The summed E-state index contributed by atoms with van der Waals surface area (Å²) in [5.41, 5.74) is 1.31. The van der Waals surface area contributed by atoms with Crippen LogP contribution in [0.15, 0.2) is 36.4 Å². The van der Waals surface area contributed by atoms with E-state index in [2.05, 4.69) is 21.3 Å². The van der Waals surface area contributed by atoms with Crippen LogP contribution in [0.4, 0.5) is 14.5 Å². The molecule has 356 valence electrons. The second-order valence-electron chi connectivity index (χ2n) is 15.2. The van der Waals surface area contributed by atoms with Gasteiger partial charge in [-0.2, -0.15) is 0 Å². The molecule has 4 saturated heterocycles. The van der Waals surface area contributed by atoms with Gasteiger partial charge in [-0.1, -0.05) is 13.8 Å². The van der Waals surface area contributed by atoms with Crippen molar-refractivity contribution in [3.63, 3.8) is 0 Å². The molecule has 2 aromatic rings. The number of aryl methyl sites for hydroxylation is 1. The average Bonchev–Trinajstić information content (AvgIpc) is 4.06. The number of hydrogen-bond donors (Lipinski definition) is 4. The number of carbonyl (C=O) groups excluding carboxylic acids is 7. The van der Waals surface area contributed by atoms with Gasteiger partial charge in [0.25, 0.3) is 0 Å². The number of carbonyl (C=O) groups is 7. The molecule has 0 spiro atoms. The van der Waals surface area contributed by atoms with Gasteiger partial charge in [-0.05, 0) is 117 Å². The summed E-state index contributed by atoms with van der Waals surface area (Å²) in [6, 6.07) is 5.84. The molecule has 5 unspecified atom stereocenters. The molecule has 4 N–H and O–H groups in total. The average molecular weight is 904 g/mol. The topological polar surface area (TPSA) is 205 Å². The fraction of sp³-hybridized carbons (Fsp3) is 0.578. The van der Waals surface area contributed by atoms with Gasteiger partial charge >= 0.3 is 5.97 Å². The van der Waals surface area contributed by atoms with Gasteiger partial charge in [-0.25, -0.2) is 13.6 Å². The van der Waals surface area contributed by atoms with E-state index >= 15 is 0 Å². The first-order valence-corrected chi connectivity index (χ1v) is 21.8. The molecule has 7 rings (SSSR count). The molecule has 19 heteroatoms. The van der Waals surface area contributed by atoms with Crippen LogP contribution in [0.1, 0.15) is 84.6 Å². The molecule has 2 aromatic carbocycles. The van der Waals surface area contributed by atoms with Gasteiger partial charge in [0.15, 0.2) is 11.5 Å². The van der Waals surface area contributed by atoms with Gasteiger partial charge in [0.2, 0.25) is 36.8 Å². The van der Waals surface area contributed by atoms with Crippen LogP contribution in [0, 0.1) is 18.6 Å². The molecule has 0 saturated carbocycles. The number of fused-ring (bicyclic) bond motifs is 4. The van der Waals surface area contributed by atoms with Gasteiger partial charge in [-0.15, -0.1) is 0 Å². The van der Waals surface area contributed by atoms with Crippen molar-refractivity contribution in [1.29, 1.82) is 0 Å². The summed E-state index contributed by atoms with van der Waals surface area (Å²) >= 11 is 0. The Morgan fingerprint density at radius 2 is 1.33 bits per heavy atom. The summed E-state index contributed by atoms with van der Waals surface area (Å²) in [6.07, 6.45) is 5.32. The molecule has 0 radical (unpaired) electrons. The lowest BCUT2D eigenvalue weighted by molar-refractivity contribution is -0.160. The quantitative estimate of drug-likeness (QED) is 0.256. The van der Waals surface area contributed by atoms with Crippen molar-refractivity contribution < 1.29 is 56.6 Å². The van der Waals surface area contributed by atoms with Gasteiger partial charge in [0.1, 0.15) is 48.2 Å². The van der Waals surface area contributed by atoms with Crippen molar-refractivity contribution in [2.24, 2.45) is 0 Å². The number of piperidine rings is 1. The number of ether oxygens (including phenoxy) is 3. The van der Waals surface area contributed by atoms with Gasteiger partial charge in [-0.3, -0.25) is 24.0 Å². The number of esters is 1. The summed E-state index contributed by atoms with van der Waals surface area (Å²) in [5.74, 6) is -1.33. The van der Waals surface area contributed by atoms with Gasteiger partial charge in [0, 0.05) is 37.5 Å². The molecule has 5 heterocycles. The zero-order valence-corrected chi connectivity index (χ0v) is 38.4. The van der Waals surface area contributed by atoms with Crippen molar-refractivity contribution in [2.45, 2.75) is 116 Å². The number of rotatable bonds is 4. The van der Waals surface area contributed by atoms with Crippen LogP contribution < -0.4 is 30.7 Å². The number of hydrogen-bond acceptors (Lipinski definition) is 12. The van der Waals surface area contributed by atoms with Crippen LogP contribution in [0.5, 0.6) is 11.5 Å². The van der Waals surface area contributed by atoms with E-state index in [4.69, 9.17) is 14.2 Å². The molecule has 0 aliphatic carbocycles. The number of nitrogens with zero attached hydrogens (tertiary/aromatic N) is 3. The highest BCUT2D eigenvalue weighted by atomic mass is 19.1. The number of aldehydes is 1. The molecule has 5 aliphatic heterocycles. The molecular formula is C45H67F2N7O10. The van der Waals surface area contributed by atoms with Gasteiger partial charge in [0.05, 0.1) is 13.0 Å². The van der Waals surface area contributed by atoms with Crippen molar-refractivity contribution in [1.82, 2.24) is 30.7 Å². The Morgan fingerprint density at radius 1 is 0.750 bits per heavy atom. The van der Waals surface area contributed by atoms with Crippen molar-refractivity contribution in [3.8, 4) is 11.5 Å². The lowest BCUT2D eigenvalue weighted by atomic mass is 9.99. The molecule has 5 amide bonds. The van der Waals surface area contributed by atoms with E-state index in [0.717, 1.165) is 25.2 Å². The van der Waals surface area contributed by atoms with Crippen LogP contribution in [0.3, 0.4) is 0 Å². The number of amides is 5. The Kier molecular flexibility index (Phi) is 24.6. The summed E-state index contributed by atoms with van der Waals surface area (Å²) < 4.78 is 40.1. The lowest BCUT2D eigenvalue weighted by Crippen LogP contribution is -2.59. The molecule has 17 nitrogen and oxygen atoms in total. The fourth-order valence-corrected chi connectivity index (χ4v) is 7.39. The largest absolute Gasteiger partial charge is 0.461 e. The van der Waals surface area contributed by atoms with Crippen LogP contribution in [0.25, 0.3) is 0 Å². The van der Waals surface area contributed by atoms with Crippen LogP contribution in [-0.2, 0) is 38.3 Å². The summed E-state index contributed by atoms with van der Waals surface area (Å²) in [6.45, 7) is 11.0. The molecule has 0 aromatic heterocycles. The lowest BCUT2D eigenvalue weighted by Gasteiger charge is -2.38. The first kappa shape index (κ1) is 54.4. The predicted molar refractivity (Wildman–Crippen MR) is 236 cm³/mol. The third-order valence-corrected chi connectivity index (χ3v) is 10.2. The maximum atomic E-state index is 13.5. The maximum Gasteiger partial charge on any atom is 0.329 e. The van der Waals surface area contributed by atoms with Crippen LogP contribution in [-0.4, -0.2) is 141 Å². The minimum Gasteiger partial charge on any atom is -0.461 e. The van der Waals surface area contributed by atoms with Crippen molar-refractivity contribution in [2.75, 3.05) is 59.4 Å². The monoisotopic (exact) mass is 903 g/mol. The normalized spacial score (nSPS) is 22.5. The minimum absolute atomic E-state index is 0.0174. The molecule has 64 heavy (non-hydrogen) atoms. The predicted octanol–water partition coefficient (Wildman–Crippen LogP) is 3.71. The number of benzene rings is 2. The molecule has 4 fully saturated rings. The molecule has 5 atom stereocenters. The summed E-state index contributed by atoms with van der Waals surface area (Å²) in [7, 11) is 5.48. The zero-order valence-electron chi connectivity index (χ0n) is 38.4. The highest BCUT2D eigenvalue weighted by molar-refractivity contribution is 5.95. The SMILES string of the molecule is CC.CC1CC(=O)N2CCCC2C(=O)N2CCCCC2C(=O)NC(C)C(=O)N2CCCC2C(=O)O1.CNC.CNCC=O.Cc1cc(F)cc(F)c1.O=CNc1ccc2c(c1)OCO2. The Bertz CT molecular complexity index is 1790.